The highest BCUT2D eigenvalue weighted by Crippen LogP contribution is 2.03. The predicted octanol–water partition coefficient (Wildman–Crippen LogP) is 0.533. The van der Waals surface area contributed by atoms with Crippen molar-refractivity contribution in [3.63, 3.8) is 0 Å². The summed E-state index contributed by atoms with van der Waals surface area (Å²) in [6, 6.07) is 8.81. The highest BCUT2D eigenvalue weighted by molar-refractivity contribution is 5.85. The van der Waals surface area contributed by atoms with Crippen molar-refractivity contribution in [2.24, 2.45) is 22.2 Å². The molecule has 0 aromatic heterocycles. The molecule has 0 saturated heterocycles. The number of aliphatic imine (C=N–C) groups is 1. The minimum absolute atomic E-state index is 0. The molecule has 0 aliphatic carbocycles. The van der Waals surface area contributed by atoms with Crippen LogP contribution in [0.15, 0.2) is 35.3 Å². The number of esters is 1. The first-order valence-electron chi connectivity index (χ1n) is 6.11. The Balaban J connectivity index is 0.00000361. The third kappa shape index (κ3) is 7.60. The molecule has 1 rings (SSSR count). The Bertz CT molecular complexity index is 422. The number of carbonyl (C=O) groups is 1. The Labute approximate surface area is 124 Å². The first-order valence-corrected chi connectivity index (χ1v) is 6.11. The summed E-state index contributed by atoms with van der Waals surface area (Å²) >= 11 is 0. The molecule has 0 spiro atoms. The van der Waals surface area contributed by atoms with Gasteiger partial charge in [0, 0.05) is 6.54 Å². The fraction of sp³-hybridized carbons (Fsp3) is 0.385. The maximum absolute atomic E-state index is 11.6. The van der Waals surface area contributed by atoms with Crippen LogP contribution >= 0.6 is 12.4 Å². The fourth-order valence-corrected chi connectivity index (χ4v) is 1.47. The van der Waals surface area contributed by atoms with E-state index in [2.05, 4.69) is 4.99 Å². The Hall–Kier alpha value is -1.79. The standard InChI is InChI=1S/C13H20N4O2.ClH/c14-11(7-4-8-17-13(15)16)12(18)19-9-10-5-2-1-3-6-10;/h1-3,5-6,11H,4,7-9,14H2,(H4,15,16,17);1H. The molecule has 0 saturated carbocycles. The van der Waals surface area contributed by atoms with E-state index >= 15 is 0 Å². The monoisotopic (exact) mass is 300 g/mol. The molecule has 0 aliphatic heterocycles. The number of benzene rings is 1. The number of guanidine groups is 1. The van der Waals surface area contributed by atoms with Crippen LogP contribution in [0.3, 0.4) is 0 Å². The van der Waals surface area contributed by atoms with Gasteiger partial charge in [-0.05, 0) is 18.4 Å². The molecule has 0 amide bonds. The second kappa shape index (κ2) is 10.1. The number of ether oxygens (including phenoxy) is 1. The molecule has 1 atom stereocenters. The van der Waals surface area contributed by atoms with Crippen molar-refractivity contribution in [2.45, 2.75) is 25.5 Å². The number of rotatable bonds is 7. The molecule has 1 unspecified atom stereocenters. The van der Waals surface area contributed by atoms with E-state index in [1.54, 1.807) is 0 Å². The number of nitrogens with zero attached hydrogens (tertiary/aromatic N) is 1. The predicted molar refractivity (Wildman–Crippen MR) is 81.4 cm³/mol. The largest absolute Gasteiger partial charge is 0.460 e. The molecule has 112 valence electrons. The van der Waals surface area contributed by atoms with Crippen LogP contribution in [0.2, 0.25) is 0 Å². The quantitative estimate of drug-likeness (QED) is 0.294. The smallest absolute Gasteiger partial charge is 0.323 e. The third-order valence-electron chi connectivity index (χ3n) is 2.49. The second-order valence-corrected chi connectivity index (χ2v) is 4.15. The molecule has 0 fully saturated rings. The molecule has 0 heterocycles. The van der Waals surface area contributed by atoms with Gasteiger partial charge in [0.1, 0.15) is 12.6 Å². The van der Waals surface area contributed by atoms with Crippen LogP contribution in [0.5, 0.6) is 0 Å². The Kier molecular flexibility index (Phi) is 9.15. The normalized spacial score (nSPS) is 11.1. The van der Waals surface area contributed by atoms with Crippen LogP contribution in [0.1, 0.15) is 18.4 Å². The fourth-order valence-electron chi connectivity index (χ4n) is 1.47. The van der Waals surface area contributed by atoms with Gasteiger partial charge in [-0.3, -0.25) is 9.79 Å². The Morgan fingerprint density at radius 2 is 1.90 bits per heavy atom. The van der Waals surface area contributed by atoms with Gasteiger partial charge in [-0.15, -0.1) is 12.4 Å². The molecular weight excluding hydrogens is 280 g/mol. The maximum Gasteiger partial charge on any atom is 0.323 e. The van der Waals surface area contributed by atoms with Crippen LogP contribution in [-0.2, 0) is 16.1 Å². The number of hydrogen-bond donors (Lipinski definition) is 3. The third-order valence-corrected chi connectivity index (χ3v) is 2.49. The van der Waals surface area contributed by atoms with Gasteiger partial charge < -0.3 is 21.9 Å². The zero-order valence-electron chi connectivity index (χ0n) is 11.2. The van der Waals surface area contributed by atoms with Crippen molar-refractivity contribution in [3.05, 3.63) is 35.9 Å². The first-order chi connectivity index (χ1) is 9.09. The van der Waals surface area contributed by atoms with Crippen molar-refractivity contribution in [1.29, 1.82) is 0 Å². The molecule has 1 aromatic rings. The molecule has 20 heavy (non-hydrogen) atoms. The van der Waals surface area contributed by atoms with Crippen LogP contribution in [-0.4, -0.2) is 24.5 Å². The van der Waals surface area contributed by atoms with Crippen molar-refractivity contribution in [3.8, 4) is 0 Å². The molecule has 0 aliphatic rings. The van der Waals surface area contributed by atoms with Gasteiger partial charge in [-0.25, -0.2) is 0 Å². The van der Waals surface area contributed by atoms with E-state index in [-0.39, 0.29) is 25.0 Å². The van der Waals surface area contributed by atoms with Gasteiger partial charge in [-0.2, -0.15) is 0 Å². The SMILES string of the molecule is Cl.NC(N)=NCCCC(N)C(=O)OCc1ccccc1. The van der Waals surface area contributed by atoms with Gasteiger partial charge in [-0.1, -0.05) is 30.3 Å². The van der Waals surface area contributed by atoms with Gasteiger partial charge in [0.15, 0.2) is 5.96 Å². The van der Waals surface area contributed by atoms with Crippen LogP contribution in [0.4, 0.5) is 0 Å². The summed E-state index contributed by atoms with van der Waals surface area (Å²) < 4.78 is 5.12. The van der Waals surface area contributed by atoms with E-state index < -0.39 is 12.0 Å². The lowest BCUT2D eigenvalue weighted by Gasteiger charge is -2.10. The second-order valence-electron chi connectivity index (χ2n) is 4.15. The number of nitrogens with two attached hydrogens (primary N) is 3. The van der Waals surface area contributed by atoms with Crippen LogP contribution < -0.4 is 17.2 Å². The van der Waals surface area contributed by atoms with Crippen molar-refractivity contribution >= 4 is 24.3 Å². The van der Waals surface area contributed by atoms with E-state index in [9.17, 15) is 4.79 Å². The van der Waals surface area contributed by atoms with Gasteiger partial charge >= 0.3 is 5.97 Å². The maximum atomic E-state index is 11.6. The van der Waals surface area contributed by atoms with Crippen molar-refractivity contribution < 1.29 is 9.53 Å². The lowest BCUT2D eigenvalue weighted by molar-refractivity contribution is -0.146. The topological polar surface area (TPSA) is 117 Å². The summed E-state index contributed by atoms with van der Waals surface area (Å²) in [5, 5.41) is 0. The molecular formula is C13H21ClN4O2. The number of carbonyl (C=O) groups excluding carboxylic acids is 1. The van der Waals surface area contributed by atoms with Gasteiger partial charge in [0.25, 0.3) is 0 Å². The van der Waals surface area contributed by atoms with Gasteiger partial charge in [0.05, 0.1) is 0 Å². The number of hydrogen-bond acceptors (Lipinski definition) is 4. The van der Waals surface area contributed by atoms with Crippen LogP contribution in [0.25, 0.3) is 0 Å². The molecule has 7 heteroatoms. The summed E-state index contributed by atoms with van der Waals surface area (Å²) in [4.78, 5) is 15.4. The van der Waals surface area contributed by atoms with Gasteiger partial charge in [0.2, 0.25) is 0 Å². The Morgan fingerprint density at radius 3 is 2.50 bits per heavy atom. The summed E-state index contributed by atoms with van der Waals surface area (Å²) in [5.41, 5.74) is 17.0. The van der Waals surface area contributed by atoms with E-state index in [0.29, 0.717) is 19.4 Å². The highest BCUT2D eigenvalue weighted by Gasteiger charge is 2.14. The van der Waals surface area contributed by atoms with Crippen LogP contribution in [0, 0.1) is 0 Å². The zero-order valence-corrected chi connectivity index (χ0v) is 12.0. The average molecular weight is 301 g/mol. The molecule has 6 nitrogen and oxygen atoms in total. The average Bonchev–Trinajstić information content (AvgIpc) is 2.41. The Morgan fingerprint density at radius 1 is 1.25 bits per heavy atom. The van der Waals surface area contributed by atoms with E-state index in [1.807, 2.05) is 30.3 Å². The first kappa shape index (κ1) is 18.2. The molecule has 0 radical (unpaired) electrons. The summed E-state index contributed by atoms with van der Waals surface area (Å²) in [5.74, 6) is -0.367. The van der Waals surface area contributed by atoms with E-state index in [4.69, 9.17) is 21.9 Å². The minimum atomic E-state index is -0.641. The molecule has 6 N–H and O–H groups in total. The summed E-state index contributed by atoms with van der Waals surface area (Å²) in [6.07, 6.45) is 1.13. The van der Waals surface area contributed by atoms with E-state index in [0.717, 1.165) is 5.56 Å². The molecule has 1 aromatic carbocycles. The zero-order chi connectivity index (χ0) is 14.1. The summed E-state index contributed by atoms with van der Waals surface area (Å²) in [7, 11) is 0. The lowest BCUT2D eigenvalue weighted by atomic mass is 10.2. The lowest BCUT2D eigenvalue weighted by Crippen LogP contribution is -2.32. The van der Waals surface area contributed by atoms with Crippen molar-refractivity contribution in [1.82, 2.24) is 0 Å². The number of halogens is 1. The molecule has 0 bridgehead atoms. The highest BCUT2D eigenvalue weighted by atomic mass is 35.5. The van der Waals surface area contributed by atoms with E-state index in [1.165, 1.54) is 0 Å². The summed E-state index contributed by atoms with van der Waals surface area (Å²) in [6.45, 7) is 0.698. The minimum Gasteiger partial charge on any atom is -0.460 e. The van der Waals surface area contributed by atoms with Crippen molar-refractivity contribution in [2.75, 3.05) is 6.54 Å².